The van der Waals surface area contributed by atoms with Crippen LogP contribution in [0.1, 0.15) is 60.6 Å². The third-order valence-corrected chi connectivity index (χ3v) is 6.53. The van der Waals surface area contributed by atoms with E-state index in [1.165, 1.54) is 0 Å². The van der Waals surface area contributed by atoms with Gasteiger partial charge in [-0.05, 0) is 50.3 Å². The van der Waals surface area contributed by atoms with Gasteiger partial charge < -0.3 is 20.3 Å². The van der Waals surface area contributed by atoms with Crippen molar-refractivity contribution in [2.45, 2.75) is 51.2 Å². The van der Waals surface area contributed by atoms with Crippen molar-refractivity contribution in [2.75, 3.05) is 12.3 Å². The quantitative estimate of drug-likeness (QED) is 0.610. The van der Waals surface area contributed by atoms with E-state index in [-0.39, 0.29) is 11.9 Å². The number of amides is 1. The fourth-order valence-electron chi connectivity index (χ4n) is 4.92. The normalized spacial score (nSPS) is 17.0. The Balaban J connectivity index is 1.73. The largest absolute Gasteiger partial charge is 0.378 e. The second kappa shape index (κ2) is 7.64. The van der Waals surface area contributed by atoms with E-state index in [4.69, 9.17) is 5.73 Å². The van der Waals surface area contributed by atoms with Gasteiger partial charge in [-0.25, -0.2) is 9.97 Å². The highest BCUT2D eigenvalue weighted by Crippen LogP contribution is 2.39. The third kappa shape index (κ3) is 3.32. The summed E-state index contributed by atoms with van der Waals surface area (Å²) in [5.74, 6) is 6.40. The number of anilines is 1. The van der Waals surface area contributed by atoms with Crippen molar-refractivity contribution in [1.29, 1.82) is 0 Å². The maximum Gasteiger partial charge on any atom is 0.271 e. The van der Waals surface area contributed by atoms with Gasteiger partial charge in [-0.2, -0.15) is 0 Å². The number of nitrogens with zero attached hydrogens (tertiary/aromatic N) is 4. The number of hydrogen-bond donors (Lipinski definition) is 2. The first kappa shape index (κ1) is 20.5. The Morgan fingerprint density at radius 3 is 2.81 bits per heavy atom. The van der Waals surface area contributed by atoms with Gasteiger partial charge in [0.2, 0.25) is 5.95 Å². The lowest BCUT2D eigenvalue weighted by Gasteiger charge is -2.20. The standard InChI is InChI=1S/C25H27N5O2/c1-3-12-30-15-17-14-27-24(26)28-21(17)20-18-13-16(8-11-25(32)9-4-5-10-25)6-7-19(18)29(2)22(20)23(30)31/h6-7,13-14,32H,3-5,9-10,12,15H2,1-2H3,(H2,26,27,28). The van der Waals surface area contributed by atoms with E-state index >= 15 is 0 Å². The average molecular weight is 430 g/mol. The van der Waals surface area contributed by atoms with Crippen molar-refractivity contribution in [1.82, 2.24) is 19.4 Å². The predicted octanol–water partition coefficient (Wildman–Crippen LogP) is 3.24. The minimum Gasteiger partial charge on any atom is -0.378 e. The number of fused-ring (bicyclic) bond motifs is 5. The van der Waals surface area contributed by atoms with Crippen molar-refractivity contribution >= 4 is 22.8 Å². The molecule has 2 aliphatic rings. The van der Waals surface area contributed by atoms with Gasteiger partial charge >= 0.3 is 0 Å². The molecule has 0 saturated heterocycles. The molecular weight excluding hydrogens is 402 g/mol. The lowest BCUT2D eigenvalue weighted by molar-refractivity contribution is 0.0737. The molecule has 1 amide bonds. The molecule has 7 heteroatoms. The van der Waals surface area contributed by atoms with E-state index in [1.807, 2.05) is 34.7 Å². The van der Waals surface area contributed by atoms with Crippen LogP contribution in [0.15, 0.2) is 24.4 Å². The molecule has 0 bridgehead atoms. The molecule has 5 rings (SSSR count). The summed E-state index contributed by atoms with van der Waals surface area (Å²) in [7, 11) is 1.91. The number of rotatable bonds is 2. The van der Waals surface area contributed by atoms with Gasteiger partial charge in [-0.3, -0.25) is 4.79 Å². The van der Waals surface area contributed by atoms with Gasteiger partial charge in [0.1, 0.15) is 11.3 Å². The molecule has 0 atom stereocenters. The monoisotopic (exact) mass is 429 g/mol. The Morgan fingerprint density at radius 2 is 2.06 bits per heavy atom. The predicted molar refractivity (Wildman–Crippen MR) is 124 cm³/mol. The molecule has 2 aromatic heterocycles. The molecule has 3 heterocycles. The highest BCUT2D eigenvalue weighted by atomic mass is 16.3. The maximum absolute atomic E-state index is 13.6. The molecule has 164 valence electrons. The number of carbonyl (C=O) groups is 1. The Morgan fingerprint density at radius 1 is 1.28 bits per heavy atom. The summed E-state index contributed by atoms with van der Waals surface area (Å²) in [6, 6.07) is 5.91. The Labute approximate surface area is 187 Å². The molecule has 1 fully saturated rings. The van der Waals surface area contributed by atoms with E-state index in [0.717, 1.165) is 46.9 Å². The van der Waals surface area contributed by atoms with Crippen molar-refractivity contribution in [3.63, 3.8) is 0 Å². The van der Waals surface area contributed by atoms with E-state index in [2.05, 4.69) is 28.7 Å². The Hall–Kier alpha value is -3.37. The van der Waals surface area contributed by atoms with E-state index < -0.39 is 5.60 Å². The highest BCUT2D eigenvalue weighted by Gasteiger charge is 2.32. The van der Waals surface area contributed by atoms with Crippen molar-refractivity contribution in [2.24, 2.45) is 7.05 Å². The number of hydrogen-bond acceptors (Lipinski definition) is 5. The lowest BCUT2D eigenvalue weighted by Crippen LogP contribution is -2.31. The van der Waals surface area contributed by atoms with Gasteiger partial charge in [-0.15, -0.1) is 0 Å². The van der Waals surface area contributed by atoms with E-state index in [0.29, 0.717) is 37.3 Å². The molecule has 0 spiro atoms. The van der Waals surface area contributed by atoms with Gasteiger partial charge in [-0.1, -0.05) is 18.8 Å². The van der Waals surface area contributed by atoms with Crippen LogP contribution in [-0.2, 0) is 13.6 Å². The summed E-state index contributed by atoms with van der Waals surface area (Å²) in [6.45, 7) is 3.16. The molecule has 0 radical (unpaired) electrons. The minimum atomic E-state index is -0.895. The number of carbonyl (C=O) groups excluding carboxylic acids is 1. The molecular formula is C25H27N5O2. The molecule has 1 aliphatic carbocycles. The van der Waals surface area contributed by atoms with Crippen LogP contribution in [0.2, 0.25) is 0 Å². The van der Waals surface area contributed by atoms with Gasteiger partial charge in [0.05, 0.1) is 5.69 Å². The van der Waals surface area contributed by atoms with Crippen LogP contribution in [0.4, 0.5) is 5.95 Å². The van der Waals surface area contributed by atoms with Crippen molar-refractivity contribution < 1.29 is 9.90 Å². The summed E-state index contributed by atoms with van der Waals surface area (Å²) in [6.07, 6.45) is 6.03. The molecule has 1 aliphatic heterocycles. The highest BCUT2D eigenvalue weighted by molar-refractivity contribution is 6.11. The van der Waals surface area contributed by atoms with Crippen LogP contribution >= 0.6 is 0 Å². The van der Waals surface area contributed by atoms with Crippen LogP contribution in [0.25, 0.3) is 22.2 Å². The summed E-state index contributed by atoms with van der Waals surface area (Å²) in [5, 5.41) is 11.5. The number of aryl methyl sites for hydroxylation is 1. The first-order chi connectivity index (χ1) is 15.4. The fraction of sp³-hybridized carbons (Fsp3) is 0.400. The third-order valence-electron chi connectivity index (χ3n) is 6.53. The van der Waals surface area contributed by atoms with Crippen LogP contribution in [0.3, 0.4) is 0 Å². The zero-order chi connectivity index (χ0) is 22.5. The number of nitrogen functional groups attached to an aromatic ring is 1. The molecule has 1 saturated carbocycles. The Bertz CT molecular complexity index is 1290. The van der Waals surface area contributed by atoms with Gasteiger partial charge in [0.25, 0.3) is 5.91 Å². The number of nitrogens with two attached hydrogens (primary N) is 1. The van der Waals surface area contributed by atoms with Crippen molar-refractivity contribution in [3.05, 3.63) is 41.2 Å². The maximum atomic E-state index is 13.6. The van der Waals surface area contributed by atoms with Crippen LogP contribution < -0.4 is 5.73 Å². The molecule has 3 aromatic rings. The summed E-state index contributed by atoms with van der Waals surface area (Å²) in [5.41, 5.74) is 9.74. The average Bonchev–Trinajstić information content (AvgIpc) is 3.30. The number of aromatic nitrogens is 3. The van der Waals surface area contributed by atoms with Crippen LogP contribution in [0.5, 0.6) is 0 Å². The lowest BCUT2D eigenvalue weighted by atomic mass is 10.0. The zero-order valence-corrected chi connectivity index (χ0v) is 18.5. The topological polar surface area (TPSA) is 97.3 Å². The van der Waals surface area contributed by atoms with Crippen molar-refractivity contribution in [3.8, 4) is 23.1 Å². The first-order valence-electron chi connectivity index (χ1n) is 11.2. The second-order valence-electron chi connectivity index (χ2n) is 8.83. The zero-order valence-electron chi connectivity index (χ0n) is 18.5. The second-order valence-corrected chi connectivity index (χ2v) is 8.83. The first-order valence-corrected chi connectivity index (χ1v) is 11.2. The SMILES string of the molecule is CCCN1Cc2cnc(N)nc2-c2c(n(C)c3ccc(C#CC4(O)CCCC4)cc23)C1=O. The number of aliphatic hydroxyl groups is 1. The minimum absolute atomic E-state index is 0.0231. The van der Waals surface area contributed by atoms with Crippen LogP contribution in [0, 0.1) is 11.8 Å². The van der Waals surface area contributed by atoms with Crippen LogP contribution in [-0.4, -0.2) is 42.6 Å². The summed E-state index contributed by atoms with van der Waals surface area (Å²) in [4.78, 5) is 24.1. The van der Waals surface area contributed by atoms with Gasteiger partial charge in [0.15, 0.2) is 0 Å². The number of benzene rings is 1. The Kier molecular flexibility index (Phi) is 4.90. The fourth-order valence-corrected chi connectivity index (χ4v) is 4.92. The van der Waals surface area contributed by atoms with E-state index in [1.54, 1.807) is 6.20 Å². The van der Waals surface area contributed by atoms with Gasteiger partial charge in [0, 0.05) is 53.9 Å². The molecule has 0 unspecified atom stereocenters. The molecule has 1 aromatic carbocycles. The smallest absolute Gasteiger partial charge is 0.271 e. The van der Waals surface area contributed by atoms with E-state index in [9.17, 15) is 9.90 Å². The molecule has 3 N–H and O–H groups in total. The molecule has 7 nitrogen and oxygen atoms in total. The summed E-state index contributed by atoms with van der Waals surface area (Å²) < 4.78 is 1.94. The summed E-state index contributed by atoms with van der Waals surface area (Å²) >= 11 is 0. The molecule has 32 heavy (non-hydrogen) atoms.